The number of carbonyl (C=O) groups is 1. The second kappa shape index (κ2) is 11.4. The Morgan fingerprint density at radius 3 is 2.76 bits per heavy atom. The number of carbonyl (C=O) groups excluding carboxylic acids is 1. The van der Waals surface area contributed by atoms with E-state index < -0.39 is 5.82 Å². The topological polar surface area (TPSA) is 81.9 Å². The van der Waals surface area contributed by atoms with Crippen molar-refractivity contribution in [2.75, 3.05) is 11.9 Å². The molecule has 208 valence electrons. The second-order valence-electron chi connectivity index (χ2n) is 10.5. The fourth-order valence-corrected chi connectivity index (χ4v) is 5.68. The van der Waals surface area contributed by atoms with Crippen LogP contribution in [0.1, 0.15) is 29.5 Å². The first-order chi connectivity index (χ1) is 19.9. The van der Waals surface area contributed by atoms with Crippen LogP contribution >= 0.6 is 11.6 Å². The Morgan fingerprint density at radius 1 is 1.12 bits per heavy atom. The van der Waals surface area contributed by atoms with E-state index in [9.17, 15) is 4.79 Å². The number of ether oxygens (including phenoxy) is 1. The number of anilines is 1. The molecule has 3 unspecified atom stereocenters. The molecule has 1 aliphatic carbocycles. The summed E-state index contributed by atoms with van der Waals surface area (Å²) in [7, 11) is 0. The molecule has 9 heteroatoms. The zero-order chi connectivity index (χ0) is 28.5. The molecule has 0 saturated heterocycles. The van der Waals surface area contributed by atoms with Gasteiger partial charge in [0.1, 0.15) is 11.6 Å². The Bertz CT molecular complexity index is 1720. The van der Waals surface area contributed by atoms with E-state index in [1.54, 1.807) is 24.5 Å². The molecule has 5 aromatic rings. The molecule has 0 aliphatic heterocycles. The number of amides is 1. The van der Waals surface area contributed by atoms with Crippen molar-refractivity contribution < 1.29 is 13.9 Å². The van der Waals surface area contributed by atoms with E-state index in [4.69, 9.17) is 16.3 Å². The molecule has 1 fully saturated rings. The van der Waals surface area contributed by atoms with Gasteiger partial charge in [0.15, 0.2) is 0 Å². The molecule has 0 bridgehead atoms. The van der Waals surface area contributed by atoms with Crippen molar-refractivity contribution in [1.29, 1.82) is 0 Å². The average Bonchev–Trinajstić information content (AvgIpc) is 3.43. The van der Waals surface area contributed by atoms with Gasteiger partial charge in [-0.2, -0.15) is 5.10 Å². The van der Waals surface area contributed by atoms with E-state index in [1.165, 1.54) is 6.20 Å². The molecule has 3 atom stereocenters. The standard InChI is InChI=1S/C32H29ClFN5O2/c1-19-8-9-35-15-25(19)24-12-22-13-27(36-16-26(22)30(33)31(24)34)38-32(40)29-20(2)28(29)23-14-37-39(17-23)10-11-41-18-21-6-4-3-5-7-21/h3-9,12-17,20,28-29H,10-11,18H2,1-2H3,(H,36,38,40). The summed E-state index contributed by atoms with van der Waals surface area (Å²) in [4.78, 5) is 21.7. The van der Waals surface area contributed by atoms with Crippen molar-refractivity contribution in [1.82, 2.24) is 19.7 Å². The smallest absolute Gasteiger partial charge is 0.229 e. The van der Waals surface area contributed by atoms with Gasteiger partial charge in [0.25, 0.3) is 0 Å². The van der Waals surface area contributed by atoms with Crippen molar-refractivity contribution in [3.8, 4) is 11.1 Å². The monoisotopic (exact) mass is 569 g/mol. The van der Waals surface area contributed by atoms with Gasteiger partial charge >= 0.3 is 0 Å². The molecule has 1 aliphatic rings. The largest absolute Gasteiger partial charge is 0.375 e. The van der Waals surface area contributed by atoms with E-state index in [1.807, 2.05) is 60.4 Å². The number of nitrogens with one attached hydrogen (secondary N) is 1. The fraction of sp³-hybridized carbons (Fsp3) is 0.250. The fourth-order valence-electron chi connectivity index (χ4n) is 5.42. The van der Waals surface area contributed by atoms with Crippen molar-refractivity contribution in [3.05, 3.63) is 107 Å². The summed E-state index contributed by atoms with van der Waals surface area (Å²) in [6, 6.07) is 15.3. The first-order valence-corrected chi connectivity index (χ1v) is 13.9. The molecule has 6 rings (SSSR count). The van der Waals surface area contributed by atoms with Gasteiger partial charge in [0.2, 0.25) is 5.91 Å². The molecular weight excluding hydrogens is 541 g/mol. The summed E-state index contributed by atoms with van der Waals surface area (Å²) in [5, 5.41) is 8.56. The molecule has 3 heterocycles. The Labute approximate surface area is 242 Å². The molecule has 1 saturated carbocycles. The van der Waals surface area contributed by atoms with Crippen molar-refractivity contribution >= 4 is 34.1 Å². The predicted molar refractivity (Wildman–Crippen MR) is 157 cm³/mol. The minimum absolute atomic E-state index is 0.00973. The number of hydrogen-bond donors (Lipinski definition) is 1. The molecule has 0 radical (unpaired) electrons. The number of nitrogens with zero attached hydrogens (tertiary/aromatic N) is 4. The maximum absolute atomic E-state index is 15.2. The van der Waals surface area contributed by atoms with Crippen LogP contribution in [0.25, 0.3) is 21.9 Å². The Hall–Kier alpha value is -4.14. The van der Waals surface area contributed by atoms with Gasteiger partial charge in [0.05, 0.1) is 31.0 Å². The quantitative estimate of drug-likeness (QED) is 0.197. The molecule has 1 N–H and O–H groups in total. The van der Waals surface area contributed by atoms with Crippen LogP contribution in [0.4, 0.5) is 10.2 Å². The van der Waals surface area contributed by atoms with Gasteiger partial charge in [0, 0.05) is 53.1 Å². The predicted octanol–water partition coefficient (Wildman–Crippen LogP) is 6.80. The summed E-state index contributed by atoms with van der Waals surface area (Å²) in [6.45, 7) is 5.70. The van der Waals surface area contributed by atoms with Gasteiger partial charge in [-0.05, 0) is 53.1 Å². The van der Waals surface area contributed by atoms with Crippen LogP contribution in [-0.2, 0) is 22.7 Å². The van der Waals surface area contributed by atoms with E-state index in [0.29, 0.717) is 47.5 Å². The van der Waals surface area contributed by atoms with Gasteiger partial charge in [-0.25, -0.2) is 9.37 Å². The summed E-state index contributed by atoms with van der Waals surface area (Å²) in [5.41, 5.74) is 4.07. The highest BCUT2D eigenvalue weighted by molar-refractivity contribution is 6.36. The number of benzene rings is 2. The third-order valence-electron chi connectivity index (χ3n) is 7.78. The van der Waals surface area contributed by atoms with Gasteiger partial charge in [-0.3, -0.25) is 14.5 Å². The maximum Gasteiger partial charge on any atom is 0.229 e. The summed E-state index contributed by atoms with van der Waals surface area (Å²) in [6.07, 6.45) is 8.60. The van der Waals surface area contributed by atoms with Crippen LogP contribution in [-0.4, -0.2) is 32.3 Å². The third-order valence-corrected chi connectivity index (χ3v) is 8.15. The lowest BCUT2D eigenvalue weighted by atomic mass is 9.99. The zero-order valence-corrected chi connectivity index (χ0v) is 23.5. The van der Waals surface area contributed by atoms with Crippen molar-refractivity contribution in [2.24, 2.45) is 11.8 Å². The summed E-state index contributed by atoms with van der Waals surface area (Å²) >= 11 is 6.39. The third kappa shape index (κ3) is 5.58. The molecule has 41 heavy (non-hydrogen) atoms. The van der Waals surface area contributed by atoms with Gasteiger partial charge in [-0.15, -0.1) is 0 Å². The van der Waals surface area contributed by atoms with E-state index in [2.05, 4.69) is 27.3 Å². The maximum atomic E-state index is 15.2. The SMILES string of the molecule is Cc1ccncc1-c1cc2cc(NC(=O)C3C(C)C3c3cnn(CCOCc4ccccc4)c3)ncc2c(Cl)c1F. The number of rotatable bonds is 9. The first kappa shape index (κ1) is 27.1. The van der Waals surface area contributed by atoms with E-state index in [0.717, 1.165) is 16.7 Å². The minimum Gasteiger partial charge on any atom is -0.375 e. The zero-order valence-electron chi connectivity index (χ0n) is 22.7. The number of hydrogen-bond acceptors (Lipinski definition) is 5. The lowest BCUT2D eigenvalue weighted by Gasteiger charge is -2.12. The Morgan fingerprint density at radius 2 is 1.95 bits per heavy atom. The minimum atomic E-state index is -0.521. The van der Waals surface area contributed by atoms with Gasteiger partial charge in [-0.1, -0.05) is 48.9 Å². The van der Waals surface area contributed by atoms with Crippen LogP contribution < -0.4 is 5.32 Å². The number of pyridine rings is 2. The molecule has 1 amide bonds. The number of fused-ring (bicyclic) bond motifs is 1. The summed E-state index contributed by atoms with van der Waals surface area (Å²) < 4.78 is 22.8. The number of halogens is 2. The van der Waals surface area contributed by atoms with E-state index in [-0.39, 0.29) is 28.7 Å². The highest BCUT2D eigenvalue weighted by atomic mass is 35.5. The van der Waals surface area contributed by atoms with Gasteiger partial charge < -0.3 is 10.1 Å². The van der Waals surface area contributed by atoms with Crippen LogP contribution in [0.3, 0.4) is 0 Å². The second-order valence-corrected chi connectivity index (χ2v) is 10.9. The first-order valence-electron chi connectivity index (χ1n) is 13.5. The van der Waals surface area contributed by atoms with E-state index >= 15 is 4.39 Å². The molecule has 2 aromatic carbocycles. The molecular formula is C32H29ClFN5O2. The van der Waals surface area contributed by atoms with Crippen LogP contribution in [0, 0.1) is 24.6 Å². The van der Waals surface area contributed by atoms with Crippen molar-refractivity contribution in [3.63, 3.8) is 0 Å². The number of aromatic nitrogens is 4. The van der Waals surface area contributed by atoms with Crippen molar-refractivity contribution in [2.45, 2.75) is 32.9 Å². The highest BCUT2D eigenvalue weighted by Gasteiger charge is 2.53. The number of aryl methyl sites for hydroxylation is 1. The Balaban J connectivity index is 1.11. The summed E-state index contributed by atoms with van der Waals surface area (Å²) in [5.74, 6) is -0.172. The van der Waals surface area contributed by atoms with Crippen LogP contribution in [0.15, 0.2) is 79.5 Å². The molecule has 3 aromatic heterocycles. The average molecular weight is 570 g/mol. The highest BCUT2D eigenvalue weighted by Crippen LogP contribution is 2.54. The molecule has 0 spiro atoms. The van der Waals surface area contributed by atoms with Crippen LogP contribution in [0.5, 0.6) is 0 Å². The van der Waals surface area contributed by atoms with Crippen LogP contribution in [0.2, 0.25) is 5.02 Å². The normalized spacial score (nSPS) is 18.0. The molecule has 7 nitrogen and oxygen atoms in total. The Kier molecular flexibility index (Phi) is 7.51. The lowest BCUT2D eigenvalue weighted by molar-refractivity contribution is -0.117. The lowest BCUT2D eigenvalue weighted by Crippen LogP contribution is -2.16.